The van der Waals surface area contributed by atoms with Gasteiger partial charge >= 0.3 is 0 Å². The Morgan fingerprint density at radius 2 is 1.67 bits per heavy atom. The summed E-state index contributed by atoms with van der Waals surface area (Å²) in [5, 5.41) is 0. The van der Waals surface area contributed by atoms with Crippen molar-refractivity contribution in [1.29, 1.82) is 0 Å². The molecule has 54 valence electrons. The van der Waals surface area contributed by atoms with Gasteiger partial charge in [-0.05, 0) is 6.92 Å². The van der Waals surface area contributed by atoms with E-state index in [1.807, 2.05) is 37.3 Å². The standard InChI is InChI=1S/C5H5.C3H6.Ni/c1-2-4-5-3-1;1-3-2;/h1-5H;3H,1H2,2H3;/q-1;;. The van der Waals surface area contributed by atoms with Crippen LogP contribution < -0.4 is 0 Å². The molecule has 1 aromatic carbocycles. The summed E-state index contributed by atoms with van der Waals surface area (Å²) in [5.41, 5.74) is 0. The minimum Gasteiger partial charge on any atom is -0.214 e. The maximum absolute atomic E-state index is 3.36. The van der Waals surface area contributed by atoms with E-state index in [9.17, 15) is 0 Å². The molecule has 9 heavy (non-hydrogen) atoms. The van der Waals surface area contributed by atoms with Gasteiger partial charge in [-0.2, -0.15) is 18.2 Å². The first-order chi connectivity index (χ1) is 3.91. The largest absolute Gasteiger partial charge is 0.214 e. The molecule has 1 rings (SSSR count). The molecule has 0 radical (unpaired) electrons. The van der Waals surface area contributed by atoms with E-state index in [4.69, 9.17) is 0 Å². The molecular weight excluding hydrogens is 155 g/mol. The smallest absolute Gasteiger partial charge is 0 e. The van der Waals surface area contributed by atoms with Crippen molar-refractivity contribution in [2.75, 3.05) is 0 Å². The van der Waals surface area contributed by atoms with Crippen LogP contribution in [0.2, 0.25) is 0 Å². The molecule has 0 aromatic heterocycles. The van der Waals surface area contributed by atoms with E-state index in [0.29, 0.717) is 0 Å². The molecule has 0 saturated carbocycles. The fourth-order valence-corrected chi connectivity index (χ4v) is 0.321. The molecule has 0 aliphatic rings. The molecule has 0 atom stereocenters. The Hall–Kier alpha value is -0.416. The predicted molar refractivity (Wildman–Crippen MR) is 37.9 cm³/mol. The molecule has 0 saturated heterocycles. The third-order valence-electron chi connectivity index (χ3n) is 0.556. The molecule has 0 bridgehead atoms. The van der Waals surface area contributed by atoms with Crippen LogP contribution in [0.3, 0.4) is 0 Å². The molecular formula is C8H11Ni-. The summed E-state index contributed by atoms with van der Waals surface area (Å²) in [4.78, 5) is 0. The van der Waals surface area contributed by atoms with E-state index in [2.05, 4.69) is 6.58 Å². The van der Waals surface area contributed by atoms with E-state index in [-0.39, 0.29) is 16.5 Å². The maximum atomic E-state index is 3.36. The quantitative estimate of drug-likeness (QED) is 0.315. The van der Waals surface area contributed by atoms with Crippen LogP contribution in [0.5, 0.6) is 0 Å². The zero-order valence-corrected chi connectivity index (χ0v) is 6.48. The van der Waals surface area contributed by atoms with Gasteiger partial charge < -0.3 is 0 Å². The van der Waals surface area contributed by atoms with Crippen molar-refractivity contribution in [2.24, 2.45) is 0 Å². The van der Waals surface area contributed by atoms with Crippen molar-refractivity contribution in [2.45, 2.75) is 6.92 Å². The first-order valence-corrected chi connectivity index (χ1v) is 2.65. The van der Waals surface area contributed by atoms with Gasteiger partial charge in [0.15, 0.2) is 0 Å². The second kappa shape index (κ2) is 10.5. The first kappa shape index (κ1) is 11.4. The Bertz CT molecular complexity index is 90.9. The Morgan fingerprint density at radius 3 is 1.78 bits per heavy atom. The minimum atomic E-state index is 0. The molecule has 0 nitrogen and oxygen atoms in total. The summed E-state index contributed by atoms with van der Waals surface area (Å²) in [5.74, 6) is 0. The maximum Gasteiger partial charge on any atom is 0 e. The van der Waals surface area contributed by atoms with E-state index < -0.39 is 0 Å². The van der Waals surface area contributed by atoms with Gasteiger partial charge in [-0.1, -0.05) is 6.08 Å². The number of hydrogen-bond donors (Lipinski definition) is 0. The molecule has 0 heterocycles. The van der Waals surface area contributed by atoms with Crippen LogP contribution in [0.15, 0.2) is 43.0 Å². The monoisotopic (exact) mass is 165 g/mol. The van der Waals surface area contributed by atoms with Gasteiger partial charge in [-0.25, -0.2) is 12.1 Å². The Kier molecular flexibility index (Phi) is 13.3. The topological polar surface area (TPSA) is 0 Å². The van der Waals surface area contributed by atoms with Crippen molar-refractivity contribution >= 4 is 0 Å². The second-order valence-corrected chi connectivity index (χ2v) is 1.37. The van der Waals surface area contributed by atoms with E-state index in [1.54, 1.807) is 6.08 Å². The van der Waals surface area contributed by atoms with Gasteiger partial charge in [0.05, 0.1) is 0 Å². The summed E-state index contributed by atoms with van der Waals surface area (Å²) in [6.07, 6.45) is 1.75. The average Bonchev–Trinajstić information content (AvgIpc) is 2.17. The number of hydrogen-bond acceptors (Lipinski definition) is 0. The molecule has 1 aromatic rings. The van der Waals surface area contributed by atoms with Crippen LogP contribution in [-0.4, -0.2) is 0 Å². The van der Waals surface area contributed by atoms with Crippen LogP contribution in [0.4, 0.5) is 0 Å². The fourth-order valence-electron chi connectivity index (χ4n) is 0.321. The molecule has 0 aliphatic heterocycles. The molecule has 0 aliphatic carbocycles. The van der Waals surface area contributed by atoms with Gasteiger partial charge in [0, 0.05) is 16.5 Å². The summed E-state index contributed by atoms with van der Waals surface area (Å²) in [6, 6.07) is 10.0. The van der Waals surface area contributed by atoms with Gasteiger partial charge in [-0.3, -0.25) is 0 Å². The SMILES string of the molecule is C=CC.[Ni].c1cc[cH-]c1. The molecule has 0 unspecified atom stereocenters. The Balaban J connectivity index is 0. The number of allylic oxidation sites excluding steroid dienone is 1. The Morgan fingerprint density at radius 1 is 1.33 bits per heavy atom. The van der Waals surface area contributed by atoms with Gasteiger partial charge in [-0.15, -0.1) is 6.58 Å². The third-order valence-corrected chi connectivity index (χ3v) is 0.556. The normalized spacial score (nSPS) is 5.89. The van der Waals surface area contributed by atoms with Crippen molar-refractivity contribution in [3.63, 3.8) is 0 Å². The predicted octanol–water partition coefficient (Wildman–Crippen LogP) is 2.60. The number of rotatable bonds is 0. The van der Waals surface area contributed by atoms with E-state index in [1.165, 1.54) is 0 Å². The first-order valence-electron chi connectivity index (χ1n) is 2.65. The summed E-state index contributed by atoms with van der Waals surface area (Å²) < 4.78 is 0. The van der Waals surface area contributed by atoms with E-state index >= 15 is 0 Å². The third kappa shape index (κ3) is 11.3. The fraction of sp³-hybridized carbons (Fsp3) is 0.125. The van der Waals surface area contributed by atoms with Crippen LogP contribution in [0.25, 0.3) is 0 Å². The molecule has 0 spiro atoms. The molecule has 0 N–H and O–H groups in total. The zero-order valence-electron chi connectivity index (χ0n) is 5.49. The van der Waals surface area contributed by atoms with Gasteiger partial charge in [0.1, 0.15) is 0 Å². The van der Waals surface area contributed by atoms with Gasteiger partial charge in [0.2, 0.25) is 0 Å². The molecule has 0 fully saturated rings. The van der Waals surface area contributed by atoms with Crippen molar-refractivity contribution in [1.82, 2.24) is 0 Å². The molecule has 0 amide bonds. The van der Waals surface area contributed by atoms with Crippen molar-refractivity contribution in [3.8, 4) is 0 Å². The van der Waals surface area contributed by atoms with Crippen LogP contribution in [0.1, 0.15) is 6.92 Å². The summed E-state index contributed by atoms with van der Waals surface area (Å²) in [6.45, 7) is 5.25. The van der Waals surface area contributed by atoms with Crippen LogP contribution in [-0.2, 0) is 16.5 Å². The minimum absolute atomic E-state index is 0. The van der Waals surface area contributed by atoms with Crippen molar-refractivity contribution in [3.05, 3.63) is 43.0 Å². The summed E-state index contributed by atoms with van der Waals surface area (Å²) in [7, 11) is 0. The average molecular weight is 166 g/mol. The van der Waals surface area contributed by atoms with Gasteiger partial charge in [0.25, 0.3) is 0 Å². The molecule has 1 heteroatoms. The van der Waals surface area contributed by atoms with Crippen LogP contribution in [0, 0.1) is 0 Å². The second-order valence-electron chi connectivity index (χ2n) is 1.37. The zero-order chi connectivity index (χ0) is 6.24. The van der Waals surface area contributed by atoms with Crippen LogP contribution >= 0.6 is 0 Å². The Labute approximate surface area is 66.9 Å². The van der Waals surface area contributed by atoms with Crippen molar-refractivity contribution < 1.29 is 16.5 Å². The summed E-state index contributed by atoms with van der Waals surface area (Å²) >= 11 is 0. The van der Waals surface area contributed by atoms with E-state index in [0.717, 1.165) is 0 Å².